The van der Waals surface area contributed by atoms with Crippen molar-refractivity contribution in [1.82, 2.24) is 24.6 Å². The Bertz CT molecular complexity index is 593. The molecule has 2 heterocycles. The van der Waals surface area contributed by atoms with Crippen molar-refractivity contribution in [3.63, 3.8) is 0 Å². The Balaban J connectivity index is 2.40. The highest BCUT2D eigenvalue weighted by molar-refractivity contribution is 5.76. The number of amides is 1. The first-order valence-electron chi connectivity index (χ1n) is 6.75. The molecule has 1 aliphatic heterocycles. The van der Waals surface area contributed by atoms with Gasteiger partial charge in [-0.25, -0.2) is 9.67 Å². The van der Waals surface area contributed by atoms with Crippen LogP contribution < -0.4 is 0 Å². The molecule has 1 aromatic rings. The highest BCUT2D eigenvalue weighted by Crippen LogP contribution is 2.33. The molecule has 1 amide bonds. The van der Waals surface area contributed by atoms with Crippen molar-refractivity contribution >= 4 is 5.91 Å². The summed E-state index contributed by atoms with van der Waals surface area (Å²) in [6.07, 6.45) is -4.58. The van der Waals surface area contributed by atoms with Crippen LogP contribution in [-0.2, 0) is 17.5 Å². The fourth-order valence-corrected chi connectivity index (χ4v) is 2.39. The van der Waals surface area contributed by atoms with E-state index < -0.39 is 18.0 Å². The number of allylic oxidation sites excluding steroid dienone is 1. The van der Waals surface area contributed by atoms with Crippen LogP contribution >= 0.6 is 0 Å². The van der Waals surface area contributed by atoms with E-state index in [4.69, 9.17) is 0 Å². The van der Waals surface area contributed by atoms with Gasteiger partial charge in [0.1, 0.15) is 0 Å². The molecule has 0 radical (unpaired) electrons. The van der Waals surface area contributed by atoms with Crippen LogP contribution in [0.5, 0.6) is 0 Å². The Kier molecular flexibility index (Phi) is 4.17. The molecule has 1 aliphatic rings. The first-order chi connectivity index (χ1) is 10.1. The van der Waals surface area contributed by atoms with Crippen LogP contribution in [0.1, 0.15) is 31.0 Å². The maximum atomic E-state index is 12.8. The van der Waals surface area contributed by atoms with Gasteiger partial charge in [-0.2, -0.15) is 13.2 Å². The smallest absolute Gasteiger partial charge is 0.363 e. The molecule has 22 heavy (non-hydrogen) atoms. The molecule has 0 bridgehead atoms. The summed E-state index contributed by atoms with van der Waals surface area (Å²) in [5.74, 6) is -1.22. The van der Waals surface area contributed by atoms with E-state index in [1.807, 2.05) is 0 Å². The van der Waals surface area contributed by atoms with E-state index in [0.717, 1.165) is 0 Å². The summed E-state index contributed by atoms with van der Waals surface area (Å²) < 4.78 is 39.6. The predicted octanol–water partition coefficient (Wildman–Crippen LogP) is 1.67. The molecule has 6 nitrogen and oxygen atoms in total. The summed E-state index contributed by atoms with van der Waals surface area (Å²) >= 11 is 0. The van der Waals surface area contributed by atoms with Crippen LogP contribution in [0, 0.1) is 0 Å². The van der Waals surface area contributed by atoms with E-state index in [0.29, 0.717) is 12.2 Å². The van der Waals surface area contributed by atoms with Crippen molar-refractivity contribution in [1.29, 1.82) is 0 Å². The van der Waals surface area contributed by atoms with Crippen LogP contribution in [0.2, 0.25) is 0 Å². The Morgan fingerprint density at radius 1 is 1.41 bits per heavy atom. The molecule has 0 aromatic carbocycles. The number of carbonyl (C=O) groups excluding carboxylic acids is 1. The highest BCUT2D eigenvalue weighted by Gasteiger charge is 2.40. The maximum absolute atomic E-state index is 12.8. The summed E-state index contributed by atoms with van der Waals surface area (Å²) in [4.78, 5) is 18.8. The number of hydrogen-bond acceptors (Lipinski definition) is 4. The van der Waals surface area contributed by atoms with Crippen molar-refractivity contribution in [3.8, 4) is 0 Å². The largest absolute Gasteiger partial charge is 0.453 e. The van der Waals surface area contributed by atoms with E-state index in [2.05, 4.69) is 16.7 Å². The molecule has 0 fully saturated rings. The third-order valence-electron chi connectivity index (χ3n) is 3.54. The Morgan fingerprint density at radius 3 is 2.55 bits per heavy atom. The fourth-order valence-electron chi connectivity index (χ4n) is 2.39. The normalized spacial score (nSPS) is 18.1. The van der Waals surface area contributed by atoms with E-state index in [1.165, 1.54) is 9.58 Å². The average molecular weight is 317 g/mol. The van der Waals surface area contributed by atoms with E-state index in [1.54, 1.807) is 25.9 Å². The number of fused-ring (bicyclic) bond motifs is 1. The number of nitrogens with zero attached hydrogens (tertiary/aromatic N) is 5. The van der Waals surface area contributed by atoms with Crippen molar-refractivity contribution in [2.24, 2.45) is 0 Å². The molecule has 0 N–H and O–H groups in total. The summed E-state index contributed by atoms with van der Waals surface area (Å²) in [7, 11) is 3.20. The molecule has 0 spiro atoms. The molecule has 2 rings (SSSR count). The monoisotopic (exact) mass is 317 g/mol. The minimum Gasteiger partial charge on any atom is -0.363 e. The van der Waals surface area contributed by atoms with Crippen LogP contribution in [0.4, 0.5) is 13.2 Å². The molecule has 1 aromatic heterocycles. The van der Waals surface area contributed by atoms with Crippen molar-refractivity contribution in [3.05, 3.63) is 23.9 Å². The van der Waals surface area contributed by atoms with E-state index >= 15 is 0 Å². The Hall–Kier alpha value is -2.06. The summed E-state index contributed by atoms with van der Waals surface area (Å²) in [6, 6.07) is -0.593. The number of aromatic nitrogens is 3. The van der Waals surface area contributed by atoms with Gasteiger partial charge in [-0.15, -0.1) is 5.10 Å². The molecular weight excluding hydrogens is 299 g/mol. The zero-order valence-electron chi connectivity index (χ0n) is 12.7. The third kappa shape index (κ3) is 3.07. The van der Waals surface area contributed by atoms with E-state index in [-0.39, 0.29) is 24.7 Å². The fraction of sp³-hybridized carbons (Fsp3) is 0.615. The quantitative estimate of drug-likeness (QED) is 0.851. The van der Waals surface area contributed by atoms with Gasteiger partial charge in [-0.1, -0.05) is 6.58 Å². The average Bonchev–Trinajstić information content (AvgIpc) is 2.82. The van der Waals surface area contributed by atoms with Crippen LogP contribution in [-0.4, -0.2) is 51.1 Å². The summed E-state index contributed by atoms with van der Waals surface area (Å²) in [5, 5.41) is 3.52. The lowest BCUT2D eigenvalue weighted by Gasteiger charge is -2.37. The standard InChI is InChI=1S/C13H18F3N5O/c1-8(2)20-5-6-21-11(9(20)7-10(22)19(3)4)17-12(18-21)13(14,15)16/h9H,1,5-7H2,2-4H3. The SMILES string of the molecule is C=C(C)N1CCn2nc(C(F)(F)F)nc2C1CC(=O)N(C)C. The number of halogens is 3. The lowest BCUT2D eigenvalue weighted by atomic mass is 10.1. The molecule has 0 saturated carbocycles. The number of hydrogen-bond donors (Lipinski definition) is 0. The summed E-state index contributed by atoms with van der Waals surface area (Å²) in [6.45, 7) is 6.30. The van der Waals surface area contributed by atoms with Crippen molar-refractivity contribution in [2.45, 2.75) is 32.1 Å². The van der Waals surface area contributed by atoms with Crippen molar-refractivity contribution in [2.75, 3.05) is 20.6 Å². The molecular formula is C13H18F3N5O. The topological polar surface area (TPSA) is 54.3 Å². The predicted molar refractivity (Wildman–Crippen MR) is 72.6 cm³/mol. The number of alkyl halides is 3. The molecule has 1 unspecified atom stereocenters. The van der Waals surface area contributed by atoms with Crippen LogP contribution in [0.3, 0.4) is 0 Å². The second-order valence-corrected chi connectivity index (χ2v) is 5.45. The number of carbonyl (C=O) groups is 1. The van der Waals surface area contributed by atoms with E-state index in [9.17, 15) is 18.0 Å². The van der Waals surface area contributed by atoms with Gasteiger partial charge >= 0.3 is 6.18 Å². The zero-order chi connectivity index (χ0) is 16.7. The second-order valence-electron chi connectivity index (χ2n) is 5.45. The molecule has 0 aliphatic carbocycles. The minimum atomic E-state index is -4.60. The van der Waals surface area contributed by atoms with Crippen LogP contribution in [0.25, 0.3) is 0 Å². The molecule has 122 valence electrons. The third-order valence-corrected chi connectivity index (χ3v) is 3.54. The number of rotatable bonds is 3. The van der Waals surface area contributed by atoms with Gasteiger partial charge in [-0.3, -0.25) is 4.79 Å². The van der Waals surface area contributed by atoms with Gasteiger partial charge in [0.05, 0.1) is 19.0 Å². The maximum Gasteiger partial charge on any atom is 0.453 e. The van der Waals surface area contributed by atoms with Gasteiger partial charge in [0.2, 0.25) is 5.91 Å². The molecule has 1 atom stereocenters. The molecule has 9 heteroatoms. The first kappa shape index (κ1) is 16.3. The van der Waals surface area contributed by atoms with Gasteiger partial charge in [0.25, 0.3) is 5.82 Å². The lowest BCUT2D eigenvalue weighted by molar-refractivity contribution is -0.145. The highest BCUT2D eigenvalue weighted by atomic mass is 19.4. The Morgan fingerprint density at radius 2 is 2.05 bits per heavy atom. The van der Waals surface area contributed by atoms with Crippen molar-refractivity contribution < 1.29 is 18.0 Å². The molecule has 0 saturated heterocycles. The van der Waals surface area contributed by atoms with Crippen LogP contribution in [0.15, 0.2) is 12.3 Å². The summed E-state index contributed by atoms with van der Waals surface area (Å²) in [5.41, 5.74) is 0.680. The van der Waals surface area contributed by atoms with Gasteiger partial charge in [-0.05, 0) is 6.92 Å². The van der Waals surface area contributed by atoms with Gasteiger partial charge < -0.3 is 9.80 Å². The zero-order valence-corrected chi connectivity index (χ0v) is 12.7. The first-order valence-corrected chi connectivity index (χ1v) is 6.75. The lowest BCUT2D eigenvalue weighted by Crippen LogP contribution is -2.40. The van der Waals surface area contributed by atoms with Gasteiger partial charge in [0.15, 0.2) is 5.82 Å². The minimum absolute atomic E-state index is 0.0237. The van der Waals surface area contributed by atoms with Gasteiger partial charge in [0, 0.05) is 26.3 Å². The Labute approximate surface area is 126 Å². The second kappa shape index (κ2) is 5.62.